The van der Waals surface area contributed by atoms with Gasteiger partial charge in [-0.1, -0.05) is 19.3 Å². The van der Waals surface area contributed by atoms with E-state index in [0.717, 1.165) is 24.9 Å². The van der Waals surface area contributed by atoms with Crippen molar-refractivity contribution in [2.75, 3.05) is 32.1 Å². The number of anilines is 1. The fourth-order valence-corrected chi connectivity index (χ4v) is 2.91. The van der Waals surface area contributed by atoms with E-state index in [2.05, 4.69) is 27.9 Å². The van der Waals surface area contributed by atoms with E-state index < -0.39 is 0 Å². The molecule has 0 amide bonds. The third-order valence-electron chi connectivity index (χ3n) is 4.25. The van der Waals surface area contributed by atoms with E-state index in [1.807, 2.05) is 19.2 Å². The average molecular weight is 272 g/mol. The summed E-state index contributed by atoms with van der Waals surface area (Å²) in [5.74, 6) is 0.784. The molecule has 108 valence electrons. The van der Waals surface area contributed by atoms with E-state index in [-0.39, 0.29) is 0 Å². The molecule has 1 saturated carbocycles. The summed E-state index contributed by atoms with van der Waals surface area (Å²) in [4.78, 5) is 8.87. The van der Waals surface area contributed by atoms with Crippen LogP contribution in [0.15, 0.2) is 18.3 Å². The van der Waals surface area contributed by atoms with Crippen molar-refractivity contribution in [3.05, 3.63) is 23.9 Å². The lowest BCUT2D eigenvalue weighted by molar-refractivity contribution is 0.196. The number of nitrogens with zero attached hydrogens (tertiary/aromatic N) is 4. The van der Waals surface area contributed by atoms with Gasteiger partial charge < -0.3 is 9.80 Å². The van der Waals surface area contributed by atoms with Crippen molar-refractivity contribution in [2.45, 2.75) is 38.1 Å². The van der Waals surface area contributed by atoms with Gasteiger partial charge >= 0.3 is 0 Å². The molecule has 1 aliphatic carbocycles. The molecule has 0 atom stereocenters. The Labute approximate surface area is 122 Å². The van der Waals surface area contributed by atoms with Crippen molar-refractivity contribution in [3.63, 3.8) is 0 Å². The van der Waals surface area contributed by atoms with Gasteiger partial charge in [0.1, 0.15) is 11.9 Å². The quantitative estimate of drug-likeness (QED) is 0.826. The van der Waals surface area contributed by atoms with Crippen molar-refractivity contribution in [3.8, 4) is 6.07 Å². The molecule has 1 aromatic heterocycles. The third kappa shape index (κ3) is 3.71. The SMILES string of the molecule is CN(CCN(C)C1CCCCC1)c1ncccc1C#N. The minimum absolute atomic E-state index is 0.648. The number of pyridine rings is 1. The normalized spacial score (nSPS) is 16.1. The van der Waals surface area contributed by atoms with Gasteiger partial charge in [0.25, 0.3) is 0 Å². The fourth-order valence-electron chi connectivity index (χ4n) is 2.91. The second-order valence-electron chi connectivity index (χ2n) is 5.68. The van der Waals surface area contributed by atoms with Gasteiger partial charge in [-0.15, -0.1) is 0 Å². The molecule has 0 radical (unpaired) electrons. The molecule has 0 N–H and O–H groups in total. The smallest absolute Gasteiger partial charge is 0.146 e. The first-order valence-electron chi connectivity index (χ1n) is 7.49. The lowest BCUT2D eigenvalue weighted by Crippen LogP contribution is -2.39. The molecule has 1 aliphatic rings. The van der Waals surface area contributed by atoms with Crippen LogP contribution in [0.25, 0.3) is 0 Å². The Kier molecular flexibility index (Phi) is 5.37. The van der Waals surface area contributed by atoms with Gasteiger partial charge in [-0.3, -0.25) is 0 Å². The number of likely N-dealkylation sites (N-methyl/N-ethyl adjacent to an activating group) is 2. The zero-order valence-electron chi connectivity index (χ0n) is 12.5. The van der Waals surface area contributed by atoms with Gasteiger partial charge in [0.2, 0.25) is 0 Å². The minimum Gasteiger partial charge on any atom is -0.357 e. The fraction of sp³-hybridized carbons (Fsp3) is 0.625. The van der Waals surface area contributed by atoms with Crippen LogP contribution in [0.2, 0.25) is 0 Å². The Morgan fingerprint density at radius 1 is 1.25 bits per heavy atom. The summed E-state index contributed by atoms with van der Waals surface area (Å²) in [6.45, 7) is 1.92. The highest BCUT2D eigenvalue weighted by Gasteiger charge is 2.18. The summed E-state index contributed by atoms with van der Waals surface area (Å²) in [6.07, 6.45) is 8.52. The molecule has 2 rings (SSSR count). The van der Waals surface area contributed by atoms with E-state index in [9.17, 15) is 0 Å². The van der Waals surface area contributed by atoms with E-state index in [0.29, 0.717) is 5.56 Å². The minimum atomic E-state index is 0.648. The summed E-state index contributed by atoms with van der Waals surface area (Å²) in [6, 6.07) is 6.58. The number of hydrogen-bond donors (Lipinski definition) is 0. The second-order valence-corrected chi connectivity index (χ2v) is 5.68. The topological polar surface area (TPSA) is 43.2 Å². The van der Waals surface area contributed by atoms with Crippen molar-refractivity contribution in [2.24, 2.45) is 0 Å². The Morgan fingerprint density at radius 2 is 2.00 bits per heavy atom. The van der Waals surface area contributed by atoms with Crippen LogP contribution >= 0.6 is 0 Å². The highest BCUT2D eigenvalue weighted by Crippen LogP contribution is 2.21. The van der Waals surface area contributed by atoms with E-state index >= 15 is 0 Å². The molecule has 1 heterocycles. The molecule has 20 heavy (non-hydrogen) atoms. The van der Waals surface area contributed by atoms with Crippen LogP contribution < -0.4 is 4.90 Å². The summed E-state index contributed by atoms with van der Waals surface area (Å²) < 4.78 is 0. The molecular weight excluding hydrogens is 248 g/mol. The first-order valence-corrected chi connectivity index (χ1v) is 7.49. The Hall–Kier alpha value is -1.60. The lowest BCUT2D eigenvalue weighted by Gasteiger charge is -2.32. The van der Waals surface area contributed by atoms with Crippen molar-refractivity contribution in [1.29, 1.82) is 5.26 Å². The summed E-state index contributed by atoms with van der Waals surface area (Å²) in [7, 11) is 4.23. The van der Waals surface area contributed by atoms with Crippen LogP contribution in [0.3, 0.4) is 0 Å². The largest absolute Gasteiger partial charge is 0.357 e. The van der Waals surface area contributed by atoms with Gasteiger partial charge in [-0.05, 0) is 32.0 Å². The molecule has 0 unspecified atom stereocenters. The number of aromatic nitrogens is 1. The molecule has 0 aliphatic heterocycles. The van der Waals surface area contributed by atoms with Gasteiger partial charge in [0.15, 0.2) is 0 Å². The van der Waals surface area contributed by atoms with Crippen LogP contribution in [-0.2, 0) is 0 Å². The standard InChI is InChI=1S/C16H24N4/c1-19(15-8-4-3-5-9-15)11-12-20(2)16-14(13-17)7-6-10-18-16/h6-7,10,15H,3-5,8-9,11-12H2,1-2H3. The Bertz CT molecular complexity index is 460. The van der Waals surface area contributed by atoms with Crippen LogP contribution in [-0.4, -0.2) is 43.1 Å². The highest BCUT2D eigenvalue weighted by atomic mass is 15.2. The van der Waals surface area contributed by atoms with Gasteiger partial charge in [0, 0.05) is 32.4 Å². The van der Waals surface area contributed by atoms with Crippen molar-refractivity contribution >= 4 is 5.82 Å². The second kappa shape index (κ2) is 7.25. The molecule has 4 nitrogen and oxygen atoms in total. The van der Waals surface area contributed by atoms with Gasteiger partial charge in [-0.25, -0.2) is 4.98 Å². The molecule has 4 heteroatoms. The molecule has 1 fully saturated rings. The number of hydrogen-bond acceptors (Lipinski definition) is 4. The lowest BCUT2D eigenvalue weighted by atomic mass is 9.94. The zero-order valence-corrected chi connectivity index (χ0v) is 12.5. The maximum Gasteiger partial charge on any atom is 0.146 e. The predicted molar refractivity (Wildman–Crippen MR) is 81.7 cm³/mol. The molecule has 0 spiro atoms. The monoisotopic (exact) mass is 272 g/mol. The average Bonchev–Trinajstić information content (AvgIpc) is 2.53. The molecule has 0 bridgehead atoms. The van der Waals surface area contributed by atoms with Crippen molar-refractivity contribution in [1.82, 2.24) is 9.88 Å². The molecule has 0 saturated heterocycles. The molecular formula is C16H24N4. The van der Waals surface area contributed by atoms with Crippen LogP contribution in [0, 0.1) is 11.3 Å². The molecule has 1 aromatic rings. The van der Waals surface area contributed by atoms with Crippen LogP contribution in [0.4, 0.5) is 5.82 Å². The summed E-state index contributed by atoms with van der Waals surface area (Å²) in [5, 5.41) is 9.12. The Morgan fingerprint density at radius 3 is 2.70 bits per heavy atom. The summed E-state index contributed by atoms with van der Waals surface area (Å²) in [5.41, 5.74) is 0.648. The van der Waals surface area contributed by atoms with Gasteiger partial charge in [0.05, 0.1) is 5.56 Å². The van der Waals surface area contributed by atoms with E-state index in [1.165, 1.54) is 32.1 Å². The maximum absolute atomic E-state index is 9.12. The summed E-state index contributed by atoms with van der Waals surface area (Å²) >= 11 is 0. The predicted octanol–water partition coefficient (Wildman–Crippen LogP) is 2.65. The van der Waals surface area contributed by atoms with Crippen LogP contribution in [0.1, 0.15) is 37.7 Å². The number of rotatable bonds is 5. The van der Waals surface area contributed by atoms with Crippen molar-refractivity contribution < 1.29 is 0 Å². The van der Waals surface area contributed by atoms with Crippen LogP contribution in [0.5, 0.6) is 0 Å². The van der Waals surface area contributed by atoms with Gasteiger partial charge in [-0.2, -0.15) is 5.26 Å². The maximum atomic E-state index is 9.12. The third-order valence-corrected chi connectivity index (χ3v) is 4.25. The van der Waals surface area contributed by atoms with E-state index in [1.54, 1.807) is 6.20 Å². The zero-order chi connectivity index (χ0) is 14.4. The highest BCUT2D eigenvalue weighted by molar-refractivity contribution is 5.52. The van der Waals surface area contributed by atoms with E-state index in [4.69, 9.17) is 5.26 Å². The first-order chi connectivity index (χ1) is 9.72. The molecule has 0 aromatic carbocycles. The number of nitriles is 1. The first kappa shape index (κ1) is 14.8. The Balaban J connectivity index is 1.88.